The molecule has 0 heterocycles. The second kappa shape index (κ2) is 8.31. The Morgan fingerprint density at radius 1 is 0.692 bits per heavy atom. The average molecular weight is 346 g/mol. The van der Waals surface area contributed by atoms with Gasteiger partial charge in [0.2, 0.25) is 0 Å². The molecule has 0 atom stereocenters. The minimum Gasteiger partial charge on any atom is -0.206 e. The van der Waals surface area contributed by atoms with E-state index in [2.05, 4.69) is 57.2 Å². The Balaban J connectivity index is 1.81. The molecule has 0 bridgehead atoms. The molecule has 1 heteroatoms. The Morgan fingerprint density at radius 2 is 1.38 bits per heavy atom. The van der Waals surface area contributed by atoms with E-state index < -0.39 is 0 Å². The highest BCUT2D eigenvalue weighted by molar-refractivity contribution is 5.71. The van der Waals surface area contributed by atoms with Crippen LogP contribution in [0.2, 0.25) is 0 Å². The van der Waals surface area contributed by atoms with Crippen molar-refractivity contribution >= 4 is 0 Å². The van der Waals surface area contributed by atoms with Crippen LogP contribution in [-0.4, -0.2) is 0 Å². The summed E-state index contributed by atoms with van der Waals surface area (Å²) in [6, 6.07) is 20.2. The molecule has 3 aromatic rings. The van der Waals surface area contributed by atoms with Crippen LogP contribution >= 0.6 is 0 Å². The van der Waals surface area contributed by atoms with E-state index in [4.69, 9.17) is 0 Å². The Bertz CT molecular complexity index is 875. The van der Waals surface area contributed by atoms with Gasteiger partial charge in [-0.2, -0.15) is 0 Å². The average Bonchev–Trinajstić information content (AvgIpc) is 2.65. The van der Waals surface area contributed by atoms with Crippen LogP contribution in [0.15, 0.2) is 60.7 Å². The molecule has 0 aliphatic rings. The molecular weight excluding hydrogens is 319 g/mol. The van der Waals surface area contributed by atoms with Crippen LogP contribution in [0.5, 0.6) is 0 Å². The van der Waals surface area contributed by atoms with Crippen molar-refractivity contribution in [2.75, 3.05) is 0 Å². The lowest BCUT2D eigenvalue weighted by Gasteiger charge is -2.09. The van der Waals surface area contributed by atoms with Gasteiger partial charge in [0.15, 0.2) is 0 Å². The molecular formula is C25H27F. The van der Waals surface area contributed by atoms with Crippen LogP contribution in [0, 0.1) is 19.7 Å². The molecule has 0 N–H and O–H groups in total. The summed E-state index contributed by atoms with van der Waals surface area (Å²) in [6.45, 7) is 6.36. The molecule has 0 aliphatic carbocycles. The SMILES string of the molecule is CCCCCc1ccc(-c2ccc(-c3ccc(C)c(C)c3)c(F)c2)cc1. The quantitative estimate of drug-likeness (QED) is 0.405. The largest absolute Gasteiger partial charge is 0.206 e. The van der Waals surface area contributed by atoms with E-state index in [0.29, 0.717) is 5.56 Å². The third kappa shape index (κ3) is 4.22. The maximum absolute atomic E-state index is 14.7. The Hall–Kier alpha value is -2.41. The second-order valence-electron chi connectivity index (χ2n) is 7.15. The second-order valence-corrected chi connectivity index (χ2v) is 7.15. The van der Waals surface area contributed by atoms with Crippen LogP contribution in [0.1, 0.15) is 42.9 Å². The molecule has 0 saturated heterocycles. The van der Waals surface area contributed by atoms with Crippen molar-refractivity contribution in [2.45, 2.75) is 46.5 Å². The molecule has 0 aromatic heterocycles. The molecule has 134 valence electrons. The van der Waals surface area contributed by atoms with Crippen molar-refractivity contribution in [3.8, 4) is 22.3 Å². The third-order valence-electron chi connectivity index (χ3n) is 5.14. The fraction of sp³-hybridized carbons (Fsp3) is 0.280. The maximum Gasteiger partial charge on any atom is 0.131 e. The smallest absolute Gasteiger partial charge is 0.131 e. The molecule has 0 spiro atoms. The number of rotatable bonds is 6. The summed E-state index contributed by atoms with van der Waals surface area (Å²) in [5.74, 6) is -0.169. The zero-order chi connectivity index (χ0) is 18.5. The van der Waals surface area contributed by atoms with Gasteiger partial charge in [0.05, 0.1) is 0 Å². The highest BCUT2D eigenvalue weighted by Crippen LogP contribution is 2.29. The summed E-state index contributed by atoms with van der Waals surface area (Å²) in [5.41, 5.74) is 7.35. The first-order valence-electron chi connectivity index (χ1n) is 9.55. The number of unbranched alkanes of at least 4 members (excludes halogenated alkanes) is 2. The van der Waals surface area contributed by atoms with E-state index in [1.54, 1.807) is 6.07 Å². The summed E-state index contributed by atoms with van der Waals surface area (Å²) in [7, 11) is 0. The number of hydrogen-bond donors (Lipinski definition) is 0. The minimum absolute atomic E-state index is 0.169. The highest BCUT2D eigenvalue weighted by Gasteiger charge is 2.08. The monoisotopic (exact) mass is 346 g/mol. The van der Waals surface area contributed by atoms with Gasteiger partial charge in [-0.15, -0.1) is 0 Å². The predicted molar refractivity (Wildman–Crippen MR) is 110 cm³/mol. The van der Waals surface area contributed by atoms with Gasteiger partial charge in [-0.1, -0.05) is 74.4 Å². The van der Waals surface area contributed by atoms with Gasteiger partial charge in [-0.05, 0) is 66.1 Å². The number of hydrogen-bond acceptors (Lipinski definition) is 0. The van der Waals surface area contributed by atoms with Gasteiger partial charge in [-0.25, -0.2) is 4.39 Å². The molecule has 0 unspecified atom stereocenters. The van der Waals surface area contributed by atoms with Crippen LogP contribution in [0.3, 0.4) is 0 Å². The first-order valence-corrected chi connectivity index (χ1v) is 9.55. The predicted octanol–water partition coefficient (Wildman–Crippen LogP) is 7.51. The Morgan fingerprint density at radius 3 is 2.04 bits per heavy atom. The lowest BCUT2D eigenvalue weighted by Crippen LogP contribution is -1.89. The van der Waals surface area contributed by atoms with E-state index in [1.807, 2.05) is 18.2 Å². The summed E-state index contributed by atoms with van der Waals surface area (Å²) in [5, 5.41) is 0. The summed E-state index contributed by atoms with van der Waals surface area (Å²) < 4.78 is 14.7. The fourth-order valence-electron chi connectivity index (χ4n) is 3.28. The van der Waals surface area contributed by atoms with Gasteiger partial charge in [0.1, 0.15) is 5.82 Å². The van der Waals surface area contributed by atoms with E-state index in [1.165, 1.54) is 36.0 Å². The maximum atomic E-state index is 14.7. The van der Waals surface area contributed by atoms with E-state index in [0.717, 1.165) is 23.1 Å². The van der Waals surface area contributed by atoms with Crippen molar-refractivity contribution in [3.63, 3.8) is 0 Å². The molecule has 26 heavy (non-hydrogen) atoms. The first kappa shape index (κ1) is 18.4. The molecule has 0 saturated carbocycles. The van der Waals surface area contributed by atoms with E-state index >= 15 is 0 Å². The van der Waals surface area contributed by atoms with Crippen LogP contribution < -0.4 is 0 Å². The van der Waals surface area contributed by atoms with E-state index in [-0.39, 0.29) is 5.82 Å². The topological polar surface area (TPSA) is 0 Å². The molecule has 0 aliphatic heterocycles. The zero-order valence-electron chi connectivity index (χ0n) is 16.0. The van der Waals surface area contributed by atoms with Crippen molar-refractivity contribution in [3.05, 3.63) is 83.2 Å². The molecule has 0 nitrogen and oxygen atoms in total. The standard InChI is InChI=1S/C25H27F/c1-4-5-6-7-20-9-12-21(13-10-20)22-14-15-24(25(26)17-22)23-11-8-18(2)19(3)16-23/h8-17H,4-7H2,1-3H3. The van der Waals surface area contributed by atoms with Crippen molar-refractivity contribution in [2.24, 2.45) is 0 Å². The molecule has 0 amide bonds. The van der Waals surface area contributed by atoms with Gasteiger partial charge in [-0.3, -0.25) is 0 Å². The lowest BCUT2D eigenvalue weighted by molar-refractivity contribution is 0.632. The molecule has 3 rings (SSSR count). The highest BCUT2D eigenvalue weighted by atomic mass is 19.1. The molecule has 0 radical (unpaired) electrons. The Kier molecular flexibility index (Phi) is 5.88. The zero-order valence-corrected chi connectivity index (χ0v) is 16.0. The number of halogens is 1. The first-order chi connectivity index (χ1) is 12.6. The fourth-order valence-corrected chi connectivity index (χ4v) is 3.28. The summed E-state index contributed by atoms with van der Waals surface area (Å²) in [6.07, 6.45) is 4.86. The minimum atomic E-state index is -0.169. The van der Waals surface area contributed by atoms with Gasteiger partial charge in [0, 0.05) is 5.56 Å². The van der Waals surface area contributed by atoms with Crippen LogP contribution in [0.4, 0.5) is 4.39 Å². The van der Waals surface area contributed by atoms with Crippen molar-refractivity contribution < 1.29 is 4.39 Å². The Labute approximate surface area is 156 Å². The van der Waals surface area contributed by atoms with Gasteiger partial charge in [0.25, 0.3) is 0 Å². The summed E-state index contributed by atoms with van der Waals surface area (Å²) >= 11 is 0. The third-order valence-corrected chi connectivity index (χ3v) is 5.14. The number of benzene rings is 3. The molecule has 3 aromatic carbocycles. The van der Waals surface area contributed by atoms with Crippen LogP contribution in [-0.2, 0) is 6.42 Å². The van der Waals surface area contributed by atoms with Crippen molar-refractivity contribution in [1.29, 1.82) is 0 Å². The van der Waals surface area contributed by atoms with Gasteiger partial charge >= 0.3 is 0 Å². The van der Waals surface area contributed by atoms with Gasteiger partial charge < -0.3 is 0 Å². The normalized spacial score (nSPS) is 10.9. The number of aryl methyl sites for hydroxylation is 3. The summed E-state index contributed by atoms with van der Waals surface area (Å²) in [4.78, 5) is 0. The van der Waals surface area contributed by atoms with Crippen molar-refractivity contribution in [1.82, 2.24) is 0 Å². The lowest BCUT2D eigenvalue weighted by atomic mass is 9.96. The molecule has 0 fully saturated rings. The van der Waals surface area contributed by atoms with E-state index in [9.17, 15) is 4.39 Å². The van der Waals surface area contributed by atoms with Crippen LogP contribution in [0.25, 0.3) is 22.3 Å².